The molecule has 0 radical (unpaired) electrons. The fraction of sp³-hybridized carbons (Fsp3) is 0.706. The predicted molar refractivity (Wildman–Crippen MR) is 98.3 cm³/mol. The third-order valence-electron chi connectivity index (χ3n) is 4.21. The van der Waals surface area contributed by atoms with Crippen molar-refractivity contribution in [1.82, 2.24) is 15.5 Å². The Hall–Kier alpha value is -1.11. The fourth-order valence-corrected chi connectivity index (χ4v) is 3.70. The van der Waals surface area contributed by atoms with Crippen molar-refractivity contribution in [2.75, 3.05) is 39.9 Å². The van der Waals surface area contributed by atoms with Crippen LogP contribution < -0.4 is 10.6 Å². The second-order valence-corrected chi connectivity index (χ2v) is 7.65. The van der Waals surface area contributed by atoms with E-state index in [1.165, 1.54) is 9.75 Å². The first-order valence-corrected chi connectivity index (χ1v) is 9.23. The smallest absolute Gasteiger partial charge is 0.191 e. The first-order chi connectivity index (χ1) is 11.1. The molecule has 0 saturated carbocycles. The maximum absolute atomic E-state index is 5.47. The lowest BCUT2D eigenvalue weighted by Crippen LogP contribution is -2.52. The van der Waals surface area contributed by atoms with Gasteiger partial charge in [-0.3, -0.25) is 9.89 Å². The lowest BCUT2D eigenvalue weighted by atomic mass is 10.0. The van der Waals surface area contributed by atoms with Crippen molar-refractivity contribution in [3.63, 3.8) is 0 Å². The van der Waals surface area contributed by atoms with E-state index in [2.05, 4.69) is 53.4 Å². The minimum absolute atomic E-state index is 0.501. The van der Waals surface area contributed by atoms with Gasteiger partial charge >= 0.3 is 0 Å². The molecule has 1 aromatic heterocycles. The molecule has 1 saturated heterocycles. The molecule has 1 fully saturated rings. The number of rotatable bonds is 6. The number of hydrogen-bond donors (Lipinski definition) is 2. The number of aryl methyl sites for hydroxylation is 1. The molecule has 0 amide bonds. The number of nitrogens with one attached hydrogen (secondary N) is 2. The monoisotopic (exact) mass is 338 g/mol. The number of aliphatic imine (C=N–C) groups is 1. The van der Waals surface area contributed by atoms with E-state index in [4.69, 9.17) is 4.74 Å². The summed E-state index contributed by atoms with van der Waals surface area (Å²) in [6.07, 6.45) is 0. The van der Waals surface area contributed by atoms with E-state index in [0.29, 0.717) is 12.0 Å². The molecule has 0 spiro atoms. The van der Waals surface area contributed by atoms with Gasteiger partial charge in [0.25, 0.3) is 0 Å². The van der Waals surface area contributed by atoms with Crippen LogP contribution in [0.5, 0.6) is 0 Å². The van der Waals surface area contributed by atoms with Gasteiger partial charge < -0.3 is 15.4 Å². The van der Waals surface area contributed by atoms with Crippen molar-refractivity contribution in [2.24, 2.45) is 10.9 Å². The van der Waals surface area contributed by atoms with Crippen LogP contribution in [-0.4, -0.2) is 56.8 Å². The quantitative estimate of drug-likeness (QED) is 0.616. The lowest BCUT2D eigenvalue weighted by Gasteiger charge is -2.37. The SMILES string of the molecule is CN=C(NCc1ccc(C)s1)NCC(C(C)C)N1CCOCC1. The van der Waals surface area contributed by atoms with Gasteiger partial charge in [-0.2, -0.15) is 0 Å². The van der Waals surface area contributed by atoms with E-state index < -0.39 is 0 Å². The van der Waals surface area contributed by atoms with Crippen LogP contribution >= 0.6 is 11.3 Å². The number of ether oxygens (including phenoxy) is 1. The summed E-state index contributed by atoms with van der Waals surface area (Å²) in [6.45, 7) is 12.1. The van der Waals surface area contributed by atoms with Crippen LogP contribution in [0.1, 0.15) is 23.6 Å². The second-order valence-electron chi connectivity index (χ2n) is 6.28. The van der Waals surface area contributed by atoms with Gasteiger partial charge in [0, 0.05) is 42.5 Å². The van der Waals surface area contributed by atoms with Crippen molar-refractivity contribution < 1.29 is 4.74 Å². The summed E-state index contributed by atoms with van der Waals surface area (Å²) in [5, 5.41) is 6.89. The van der Waals surface area contributed by atoms with Crippen molar-refractivity contribution in [2.45, 2.75) is 33.4 Å². The summed E-state index contributed by atoms with van der Waals surface area (Å²) in [4.78, 5) is 9.54. The first kappa shape index (κ1) is 18.2. The van der Waals surface area contributed by atoms with E-state index >= 15 is 0 Å². The zero-order chi connectivity index (χ0) is 16.7. The van der Waals surface area contributed by atoms with Crippen molar-refractivity contribution in [3.05, 3.63) is 21.9 Å². The van der Waals surface area contributed by atoms with Gasteiger partial charge in [0.2, 0.25) is 0 Å². The molecule has 0 aliphatic carbocycles. The molecule has 5 nitrogen and oxygen atoms in total. The molecule has 23 heavy (non-hydrogen) atoms. The molecular formula is C17H30N4OS. The highest BCUT2D eigenvalue weighted by molar-refractivity contribution is 7.11. The molecule has 1 aliphatic heterocycles. The molecule has 2 heterocycles. The largest absolute Gasteiger partial charge is 0.379 e. The highest BCUT2D eigenvalue weighted by Gasteiger charge is 2.23. The molecule has 2 rings (SSSR count). The zero-order valence-electron chi connectivity index (χ0n) is 14.8. The normalized spacial score (nSPS) is 18.2. The number of hydrogen-bond acceptors (Lipinski definition) is 4. The number of guanidine groups is 1. The van der Waals surface area contributed by atoms with E-state index in [9.17, 15) is 0 Å². The molecule has 0 bridgehead atoms. The fourth-order valence-electron chi connectivity index (χ4n) is 2.87. The summed E-state index contributed by atoms with van der Waals surface area (Å²) in [6, 6.07) is 4.83. The van der Waals surface area contributed by atoms with Gasteiger partial charge in [-0.25, -0.2) is 0 Å². The molecule has 1 atom stereocenters. The number of thiophene rings is 1. The van der Waals surface area contributed by atoms with Crippen LogP contribution in [0.2, 0.25) is 0 Å². The Morgan fingerprint density at radius 2 is 2.04 bits per heavy atom. The third-order valence-corrected chi connectivity index (χ3v) is 5.21. The molecule has 2 N–H and O–H groups in total. The average Bonchev–Trinajstić information content (AvgIpc) is 2.96. The van der Waals surface area contributed by atoms with Crippen LogP contribution in [0, 0.1) is 12.8 Å². The summed E-state index contributed by atoms with van der Waals surface area (Å²) in [7, 11) is 1.83. The van der Waals surface area contributed by atoms with Gasteiger partial charge in [-0.1, -0.05) is 13.8 Å². The topological polar surface area (TPSA) is 48.9 Å². The minimum atomic E-state index is 0.501. The Labute approximate surface area is 144 Å². The number of morpholine rings is 1. The van der Waals surface area contributed by atoms with Gasteiger partial charge in [0.15, 0.2) is 5.96 Å². The van der Waals surface area contributed by atoms with Crippen LogP contribution in [0.25, 0.3) is 0 Å². The molecular weight excluding hydrogens is 308 g/mol. The van der Waals surface area contributed by atoms with E-state index in [1.807, 2.05) is 18.4 Å². The Bertz CT molecular complexity index is 495. The van der Waals surface area contributed by atoms with Crippen LogP contribution in [-0.2, 0) is 11.3 Å². The van der Waals surface area contributed by atoms with Crippen molar-refractivity contribution in [3.8, 4) is 0 Å². The Morgan fingerprint density at radius 3 is 2.61 bits per heavy atom. The van der Waals surface area contributed by atoms with Gasteiger partial charge in [-0.15, -0.1) is 11.3 Å². The van der Waals surface area contributed by atoms with Gasteiger partial charge in [0.05, 0.1) is 19.8 Å². The molecule has 1 aromatic rings. The highest BCUT2D eigenvalue weighted by Crippen LogP contribution is 2.14. The van der Waals surface area contributed by atoms with Gasteiger partial charge in [-0.05, 0) is 25.0 Å². The van der Waals surface area contributed by atoms with Crippen LogP contribution in [0.4, 0.5) is 0 Å². The van der Waals surface area contributed by atoms with Crippen LogP contribution in [0.15, 0.2) is 17.1 Å². The highest BCUT2D eigenvalue weighted by atomic mass is 32.1. The average molecular weight is 339 g/mol. The summed E-state index contributed by atoms with van der Waals surface area (Å²) in [5.74, 6) is 1.47. The van der Waals surface area contributed by atoms with Crippen molar-refractivity contribution in [1.29, 1.82) is 0 Å². The first-order valence-electron chi connectivity index (χ1n) is 8.41. The summed E-state index contributed by atoms with van der Waals surface area (Å²) in [5.41, 5.74) is 0. The maximum atomic E-state index is 5.47. The maximum Gasteiger partial charge on any atom is 0.191 e. The van der Waals surface area contributed by atoms with Gasteiger partial charge in [0.1, 0.15) is 0 Å². The predicted octanol–water partition coefficient (Wildman–Crippen LogP) is 2.08. The van der Waals surface area contributed by atoms with Crippen molar-refractivity contribution >= 4 is 17.3 Å². The number of nitrogens with zero attached hydrogens (tertiary/aromatic N) is 2. The molecule has 0 aromatic carbocycles. The zero-order valence-corrected chi connectivity index (χ0v) is 15.6. The lowest BCUT2D eigenvalue weighted by molar-refractivity contribution is 0.00752. The summed E-state index contributed by atoms with van der Waals surface area (Å²) >= 11 is 1.82. The minimum Gasteiger partial charge on any atom is -0.379 e. The second kappa shape index (κ2) is 9.25. The van der Waals surface area contributed by atoms with E-state index in [-0.39, 0.29) is 0 Å². The van der Waals surface area contributed by atoms with E-state index in [1.54, 1.807) is 0 Å². The Morgan fingerprint density at radius 1 is 1.30 bits per heavy atom. The van der Waals surface area contributed by atoms with Crippen LogP contribution in [0.3, 0.4) is 0 Å². The molecule has 1 unspecified atom stereocenters. The molecule has 6 heteroatoms. The Balaban J connectivity index is 1.82. The molecule has 130 valence electrons. The Kier molecular flexibility index (Phi) is 7.33. The molecule has 1 aliphatic rings. The summed E-state index contributed by atoms with van der Waals surface area (Å²) < 4.78 is 5.47. The standard InChI is InChI=1S/C17H30N4OS/c1-13(2)16(21-7-9-22-10-8-21)12-20-17(18-4)19-11-15-6-5-14(3)23-15/h5-6,13,16H,7-12H2,1-4H3,(H2,18,19,20). The van der Waals surface area contributed by atoms with E-state index in [0.717, 1.165) is 45.4 Å². The third kappa shape index (κ3) is 5.79.